The Balaban J connectivity index is 2.07. The van der Waals surface area contributed by atoms with E-state index < -0.39 is 28.5 Å². The van der Waals surface area contributed by atoms with Gasteiger partial charge >= 0.3 is 0 Å². The van der Waals surface area contributed by atoms with Crippen LogP contribution in [0.1, 0.15) is 22.3 Å². The van der Waals surface area contributed by atoms with E-state index in [1.807, 2.05) is 50.2 Å². The van der Waals surface area contributed by atoms with E-state index >= 15 is 0 Å². The Morgan fingerprint density at radius 1 is 0.947 bits per heavy atom. The number of hydrogen-bond donors (Lipinski definition) is 1. The number of likely N-dealkylation sites (N-methyl/N-ethyl adjacent to an activating group) is 1. The number of nitrogens with one attached hydrogen (secondary N) is 1. The van der Waals surface area contributed by atoms with Crippen LogP contribution in [-0.4, -0.2) is 51.0 Å². The lowest BCUT2D eigenvalue weighted by Gasteiger charge is -2.33. The van der Waals surface area contributed by atoms with Gasteiger partial charge in [-0.15, -0.1) is 0 Å². The van der Waals surface area contributed by atoms with E-state index in [0.717, 1.165) is 27.3 Å². The molecule has 0 aromatic heterocycles. The number of rotatable bonds is 10. The van der Waals surface area contributed by atoms with Gasteiger partial charge in [-0.1, -0.05) is 65.7 Å². The van der Waals surface area contributed by atoms with Crippen LogP contribution in [0.4, 0.5) is 5.69 Å². The molecule has 3 aromatic carbocycles. The number of nitrogens with zero attached hydrogens (tertiary/aromatic N) is 2. The monoisotopic (exact) mass is 575 g/mol. The van der Waals surface area contributed by atoms with Crippen molar-refractivity contribution < 1.29 is 18.0 Å². The summed E-state index contributed by atoms with van der Waals surface area (Å²) in [4.78, 5) is 28.5. The second-order valence-electron chi connectivity index (χ2n) is 9.19. The quantitative estimate of drug-likeness (QED) is 0.377. The fourth-order valence-corrected chi connectivity index (χ4v) is 5.56. The fourth-order valence-electron chi connectivity index (χ4n) is 4.26. The number of carbonyl (C=O) groups is 2. The molecule has 1 atom stereocenters. The standard InChI is InChI=1S/C28H31Cl2N3O4S/c1-19-12-20(2)14-24(13-19)33(38(4,36)37)18-27(34)32(17-22-10-11-23(29)16-25(22)30)26(28(35)31-3)15-21-8-6-5-7-9-21/h5-14,16,26H,15,17-18H2,1-4H3,(H,31,35)/t26-/m1/s1. The zero-order valence-electron chi connectivity index (χ0n) is 21.7. The van der Waals surface area contributed by atoms with Crippen molar-refractivity contribution in [1.29, 1.82) is 0 Å². The van der Waals surface area contributed by atoms with Crippen LogP contribution in [0.25, 0.3) is 0 Å². The van der Waals surface area contributed by atoms with Crippen molar-refractivity contribution in [3.8, 4) is 0 Å². The third kappa shape index (κ3) is 7.72. The van der Waals surface area contributed by atoms with Crippen molar-refractivity contribution >= 4 is 50.7 Å². The van der Waals surface area contributed by atoms with Crippen molar-refractivity contribution in [2.75, 3.05) is 24.2 Å². The number of anilines is 1. The van der Waals surface area contributed by atoms with Gasteiger partial charge < -0.3 is 10.2 Å². The van der Waals surface area contributed by atoms with Gasteiger partial charge in [0.2, 0.25) is 21.8 Å². The first kappa shape index (κ1) is 29.5. The molecule has 7 nitrogen and oxygen atoms in total. The number of halogens is 2. The summed E-state index contributed by atoms with van der Waals surface area (Å²) in [6.45, 7) is 3.20. The molecule has 0 aliphatic carbocycles. The number of hydrogen-bond acceptors (Lipinski definition) is 4. The third-order valence-corrected chi connectivity index (χ3v) is 7.77. The van der Waals surface area contributed by atoms with Crippen molar-refractivity contribution in [2.24, 2.45) is 0 Å². The molecule has 0 saturated heterocycles. The molecule has 202 valence electrons. The average molecular weight is 577 g/mol. The van der Waals surface area contributed by atoms with Crippen LogP contribution in [0.3, 0.4) is 0 Å². The topological polar surface area (TPSA) is 86.8 Å². The fraction of sp³-hybridized carbons (Fsp3) is 0.286. The highest BCUT2D eigenvalue weighted by Crippen LogP contribution is 2.26. The first-order valence-corrected chi connectivity index (χ1v) is 14.5. The number of aryl methyl sites for hydroxylation is 2. The normalized spacial score (nSPS) is 12.1. The van der Waals surface area contributed by atoms with Crippen LogP contribution >= 0.6 is 23.2 Å². The molecular formula is C28H31Cl2N3O4S. The van der Waals surface area contributed by atoms with E-state index in [4.69, 9.17) is 23.2 Å². The molecule has 0 spiro atoms. The van der Waals surface area contributed by atoms with Crippen LogP contribution in [0.2, 0.25) is 10.0 Å². The van der Waals surface area contributed by atoms with Gasteiger partial charge in [-0.25, -0.2) is 8.42 Å². The summed E-state index contributed by atoms with van der Waals surface area (Å²) >= 11 is 12.5. The molecule has 0 radical (unpaired) electrons. The lowest BCUT2D eigenvalue weighted by Crippen LogP contribution is -2.53. The van der Waals surface area contributed by atoms with E-state index in [1.54, 1.807) is 30.3 Å². The Labute approximate surface area is 234 Å². The predicted octanol–water partition coefficient (Wildman–Crippen LogP) is 4.76. The van der Waals surface area contributed by atoms with Gasteiger partial charge in [-0.2, -0.15) is 0 Å². The molecule has 0 saturated carbocycles. The molecule has 0 unspecified atom stereocenters. The molecule has 1 N–H and O–H groups in total. The van der Waals surface area contributed by atoms with Gasteiger partial charge in [-0.3, -0.25) is 13.9 Å². The molecular weight excluding hydrogens is 545 g/mol. The zero-order valence-corrected chi connectivity index (χ0v) is 24.1. The summed E-state index contributed by atoms with van der Waals surface area (Å²) in [6, 6.07) is 18.6. The molecule has 0 heterocycles. The maximum absolute atomic E-state index is 13.9. The molecule has 10 heteroatoms. The van der Waals surface area contributed by atoms with Crippen LogP contribution in [0, 0.1) is 13.8 Å². The Morgan fingerprint density at radius 3 is 2.13 bits per heavy atom. The van der Waals surface area contributed by atoms with Crippen LogP contribution in [0.15, 0.2) is 66.7 Å². The first-order chi connectivity index (χ1) is 17.9. The van der Waals surface area contributed by atoms with Gasteiger partial charge in [0.05, 0.1) is 11.9 Å². The number of amides is 2. The highest BCUT2D eigenvalue weighted by atomic mass is 35.5. The number of benzene rings is 3. The minimum Gasteiger partial charge on any atom is -0.357 e. The SMILES string of the molecule is CNC(=O)[C@@H](Cc1ccccc1)N(Cc1ccc(Cl)cc1Cl)C(=O)CN(c1cc(C)cc(C)c1)S(C)(=O)=O. The minimum atomic E-state index is -3.84. The predicted molar refractivity (Wildman–Crippen MR) is 153 cm³/mol. The maximum Gasteiger partial charge on any atom is 0.244 e. The lowest BCUT2D eigenvalue weighted by atomic mass is 10.0. The maximum atomic E-state index is 13.9. The largest absolute Gasteiger partial charge is 0.357 e. The van der Waals surface area contributed by atoms with Gasteiger partial charge in [0.15, 0.2) is 0 Å². The summed E-state index contributed by atoms with van der Waals surface area (Å²) in [5.41, 5.74) is 3.51. The van der Waals surface area contributed by atoms with E-state index in [2.05, 4.69) is 5.32 Å². The third-order valence-electron chi connectivity index (χ3n) is 6.05. The summed E-state index contributed by atoms with van der Waals surface area (Å²) in [6.07, 6.45) is 1.28. The van der Waals surface area contributed by atoms with Crippen molar-refractivity contribution in [3.63, 3.8) is 0 Å². The summed E-state index contributed by atoms with van der Waals surface area (Å²) in [5.74, 6) is -0.935. The Bertz CT molecular complexity index is 1390. The highest BCUT2D eigenvalue weighted by Gasteiger charge is 2.33. The van der Waals surface area contributed by atoms with Gasteiger partial charge in [0.1, 0.15) is 12.6 Å². The number of sulfonamides is 1. The Kier molecular flexibility index (Phi) is 9.82. The Morgan fingerprint density at radius 2 is 1.58 bits per heavy atom. The first-order valence-electron chi connectivity index (χ1n) is 11.9. The molecule has 3 aromatic rings. The van der Waals surface area contributed by atoms with Gasteiger partial charge in [0.25, 0.3) is 0 Å². The molecule has 38 heavy (non-hydrogen) atoms. The zero-order chi connectivity index (χ0) is 28.0. The van der Waals surface area contributed by atoms with E-state index in [-0.39, 0.29) is 18.9 Å². The van der Waals surface area contributed by atoms with Crippen LogP contribution in [0.5, 0.6) is 0 Å². The van der Waals surface area contributed by atoms with Gasteiger partial charge in [0, 0.05) is 30.1 Å². The van der Waals surface area contributed by atoms with E-state index in [1.165, 1.54) is 11.9 Å². The Hall–Kier alpha value is -3.07. The molecule has 0 aliphatic heterocycles. The molecule has 3 rings (SSSR count). The molecule has 0 aliphatic rings. The smallest absolute Gasteiger partial charge is 0.244 e. The summed E-state index contributed by atoms with van der Waals surface area (Å²) in [5, 5.41) is 3.41. The van der Waals surface area contributed by atoms with Crippen LogP contribution < -0.4 is 9.62 Å². The van der Waals surface area contributed by atoms with E-state index in [9.17, 15) is 18.0 Å². The second kappa shape index (κ2) is 12.7. The minimum absolute atomic E-state index is 0.0236. The highest BCUT2D eigenvalue weighted by molar-refractivity contribution is 7.92. The average Bonchev–Trinajstić information content (AvgIpc) is 2.84. The van der Waals surface area contributed by atoms with Gasteiger partial charge in [-0.05, 0) is 60.4 Å². The van der Waals surface area contributed by atoms with E-state index in [0.29, 0.717) is 21.3 Å². The van der Waals surface area contributed by atoms with Crippen molar-refractivity contribution in [1.82, 2.24) is 10.2 Å². The summed E-state index contributed by atoms with van der Waals surface area (Å²) < 4.78 is 26.8. The molecule has 0 bridgehead atoms. The van der Waals surface area contributed by atoms with Crippen molar-refractivity contribution in [3.05, 3.63) is 99.0 Å². The van der Waals surface area contributed by atoms with Crippen molar-refractivity contribution in [2.45, 2.75) is 32.9 Å². The summed E-state index contributed by atoms with van der Waals surface area (Å²) in [7, 11) is -2.34. The van der Waals surface area contributed by atoms with Crippen LogP contribution in [-0.2, 0) is 32.6 Å². The lowest BCUT2D eigenvalue weighted by molar-refractivity contribution is -0.139. The second-order valence-corrected chi connectivity index (χ2v) is 11.9. The number of carbonyl (C=O) groups excluding carboxylic acids is 2. The molecule has 2 amide bonds. The molecule has 0 fully saturated rings.